The van der Waals surface area contributed by atoms with Gasteiger partial charge in [-0.25, -0.2) is 4.39 Å². The number of hydrogen-bond donors (Lipinski definition) is 1. The Morgan fingerprint density at radius 1 is 1.23 bits per heavy atom. The summed E-state index contributed by atoms with van der Waals surface area (Å²) in [6, 6.07) is 14.0. The zero-order chi connectivity index (χ0) is 21.1. The highest BCUT2D eigenvalue weighted by molar-refractivity contribution is 7.98. The third kappa shape index (κ3) is 4.06. The van der Waals surface area contributed by atoms with Crippen LogP contribution in [0.2, 0.25) is 0 Å². The van der Waals surface area contributed by atoms with Crippen LogP contribution in [0.5, 0.6) is 0 Å². The first-order valence-electron chi connectivity index (χ1n) is 9.31. The Morgan fingerprint density at radius 2 is 1.97 bits per heavy atom. The van der Waals surface area contributed by atoms with Gasteiger partial charge in [-0.3, -0.25) is 9.59 Å². The smallest absolute Gasteiger partial charge is 0.296 e. The van der Waals surface area contributed by atoms with E-state index in [1.807, 2.05) is 36.6 Å². The number of halogens is 1. The molecular formula is C21H19FN4O3S. The summed E-state index contributed by atoms with van der Waals surface area (Å²) >= 11 is 1.47. The first-order chi connectivity index (χ1) is 14.6. The number of carbonyl (C=O) groups excluding carboxylic acids is 2. The Morgan fingerprint density at radius 3 is 2.67 bits per heavy atom. The second-order valence-electron chi connectivity index (χ2n) is 6.83. The summed E-state index contributed by atoms with van der Waals surface area (Å²) in [5.74, 6) is -0.674. The van der Waals surface area contributed by atoms with E-state index in [-0.39, 0.29) is 29.5 Å². The van der Waals surface area contributed by atoms with E-state index >= 15 is 0 Å². The van der Waals surface area contributed by atoms with E-state index in [9.17, 15) is 14.0 Å². The van der Waals surface area contributed by atoms with E-state index in [4.69, 9.17) is 4.52 Å². The van der Waals surface area contributed by atoms with Crippen molar-refractivity contribution in [3.8, 4) is 11.5 Å². The van der Waals surface area contributed by atoms with E-state index in [0.29, 0.717) is 17.9 Å². The van der Waals surface area contributed by atoms with Gasteiger partial charge in [0.1, 0.15) is 11.9 Å². The predicted octanol–water partition coefficient (Wildman–Crippen LogP) is 2.92. The highest BCUT2D eigenvalue weighted by atomic mass is 32.2. The maximum atomic E-state index is 13.2. The van der Waals surface area contributed by atoms with Crippen molar-refractivity contribution in [2.45, 2.75) is 12.1 Å². The summed E-state index contributed by atoms with van der Waals surface area (Å²) in [4.78, 5) is 31.6. The minimum absolute atomic E-state index is 0.112. The number of amides is 2. The molecule has 4 rings (SSSR count). The molecule has 0 unspecified atom stereocenters. The van der Waals surface area contributed by atoms with Crippen LogP contribution >= 0.6 is 11.8 Å². The maximum Gasteiger partial charge on any atom is 0.296 e. The van der Waals surface area contributed by atoms with Gasteiger partial charge in [0.2, 0.25) is 5.91 Å². The van der Waals surface area contributed by atoms with Crippen LogP contribution in [0.15, 0.2) is 59.1 Å². The van der Waals surface area contributed by atoms with E-state index in [1.54, 1.807) is 0 Å². The van der Waals surface area contributed by atoms with Crippen LogP contribution in [0, 0.1) is 5.82 Å². The molecule has 0 bridgehead atoms. The number of thioether (sulfide) groups is 1. The van der Waals surface area contributed by atoms with Gasteiger partial charge >= 0.3 is 0 Å². The number of benzene rings is 2. The molecule has 1 fully saturated rings. The molecule has 0 radical (unpaired) electrons. The third-order valence-corrected chi connectivity index (χ3v) is 5.52. The molecule has 1 aliphatic heterocycles. The van der Waals surface area contributed by atoms with Gasteiger partial charge < -0.3 is 14.7 Å². The topological polar surface area (TPSA) is 88.3 Å². The maximum absolute atomic E-state index is 13.2. The number of nitrogens with one attached hydrogen (secondary N) is 1. The van der Waals surface area contributed by atoms with Gasteiger partial charge in [0.25, 0.3) is 17.6 Å². The lowest BCUT2D eigenvalue weighted by Crippen LogP contribution is -2.59. The first kappa shape index (κ1) is 20.1. The molecule has 1 aliphatic rings. The number of aromatic nitrogens is 2. The molecule has 7 nitrogen and oxygen atoms in total. The van der Waals surface area contributed by atoms with E-state index < -0.39 is 11.9 Å². The molecule has 0 spiro atoms. The minimum Gasteiger partial charge on any atom is -0.346 e. The molecule has 154 valence electrons. The molecule has 3 aromatic rings. The van der Waals surface area contributed by atoms with Gasteiger partial charge in [-0.2, -0.15) is 16.7 Å². The van der Waals surface area contributed by atoms with Crippen molar-refractivity contribution in [1.29, 1.82) is 0 Å². The second kappa shape index (κ2) is 8.66. The SMILES string of the molecule is CSC[C@H]1C(=O)N[C@@H](c2ccccc2)CN1C(=O)c1noc(-c2ccc(F)cc2)n1. The summed E-state index contributed by atoms with van der Waals surface area (Å²) in [6.45, 7) is 0.292. The number of carbonyl (C=O) groups is 2. The summed E-state index contributed by atoms with van der Waals surface area (Å²) in [7, 11) is 0. The molecule has 2 aromatic carbocycles. The van der Waals surface area contributed by atoms with Crippen molar-refractivity contribution >= 4 is 23.6 Å². The van der Waals surface area contributed by atoms with Crippen LogP contribution in [-0.4, -0.2) is 51.5 Å². The largest absolute Gasteiger partial charge is 0.346 e. The monoisotopic (exact) mass is 426 g/mol. The lowest BCUT2D eigenvalue weighted by molar-refractivity contribution is -0.128. The molecule has 1 aromatic heterocycles. The Bertz CT molecular complexity index is 1040. The highest BCUT2D eigenvalue weighted by Gasteiger charge is 2.39. The van der Waals surface area contributed by atoms with Crippen LogP contribution in [0.4, 0.5) is 4.39 Å². The van der Waals surface area contributed by atoms with Crippen LogP contribution in [0.3, 0.4) is 0 Å². The Kier molecular flexibility index (Phi) is 5.80. The summed E-state index contributed by atoms with van der Waals surface area (Å²) in [5.41, 5.74) is 1.41. The second-order valence-corrected chi connectivity index (χ2v) is 7.74. The van der Waals surface area contributed by atoms with Crippen LogP contribution < -0.4 is 5.32 Å². The number of rotatable bonds is 5. The van der Waals surface area contributed by atoms with Crippen LogP contribution in [0.1, 0.15) is 22.2 Å². The molecule has 2 atom stereocenters. The molecule has 9 heteroatoms. The van der Waals surface area contributed by atoms with Gasteiger partial charge in [0.15, 0.2) is 0 Å². The standard InChI is InChI=1S/C21H19FN4O3S/c1-30-12-17-19(27)23-16(13-5-3-2-4-6-13)11-26(17)21(28)18-24-20(29-25-18)14-7-9-15(22)10-8-14/h2-10,16-17H,11-12H2,1H3,(H,23,27)/t16-,17+/m1/s1. The predicted molar refractivity (Wildman–Crippen MR) is 110 cm³/mol. The van der Waals surface area contributed by atoms with Crippen molar-refractivity contribution in [2.75, 3.05) is 18.6 Å². The van der Waals surface area contributed by atoms with Gasteiger partial charge in [0, 0.05) is 17.9 Å². The molecule has 1 N–H and O–H groups in total. The number of hydrogen-bond acceptors (Lipinski definition) is 6. The Balaban J connectivity index is 1.61. The lowest BCUT2D eigenvalue weighted by Gasteiger charge is -2.38. The zero-order valence-electron chi connectivity index (χ0n) is 16.1. The zero-order valence-corrected chi connectivity index (χ0v) is 16.9. The summed E-state index contributed by atoms with van der Waals surface area (Å²) in [5, 5.41) is 6.79. The Hall–Kier alpha value is -3.20. The Labute approximate surface area is 176 Å². The van der Waals surface area contributed by atoms with Gasteiger partial charge in [-0.15, -0.1) is 0 Å². The first-order valence-corrected chi connectivity index (χ1v) is 10.7. The van der Waals surface area contributed by atoms with Crippen molar-refractivity contribution < 1.29 is 18.5 Å². The average Bonchev–Trinajstić information content (AvgIpc) is 3.26. The molecule has 0 aliphatic carbocycles. The van der Waals surface area contributed by atoms with Gasteiger partial charge in [0.05, 0.1) is 6.04 Å². The highest BCUT2D eigenvalue weighted by Crippen LogP contribution is 2.24. The number of nitrogens with zero attached hydrogens (tertiary/aromatic N) is 3. The minimum atomic E-state index is -0.639. The average molecular weight is 426 g/mol. The van der Waals surface area contributed by atoms with E-state index in [1.165, 1.54) is 40.9 Å². The van der Waals surface area contributed by atoms with Crippen molar-refractivity contribution in [3.05, 3.63) is 71.8 Å². The fourth-order valence-electron chi connectivity index (χ4n) is 3.35. The molecule has 30 heavy (non-hydrogen) atoms. The van der Waals surface area contributed by atoms with Crippen molar-refractivity contribution in [2.24, 2.45) is 0 Å². The van der Waals surface area contributed by atoms with Gasteiger partial charge in [-0.1, -0.05) is 35.5 Å². The summed E-state index contributed by atoms with van der Waals surface area (Å²) in [6.07, 6.45) is 1.88. The van der Waals surface area contributed by atoms with Crippen LogP contribution in [0.25, 0.3) is 11.5 Å². The molecular weight excluding hydrogens is 407 g/mol. The van der Waals surface area contributed by atoms with Crippen molar-refractivity contribution in [3.63, 3.8) is 0 Å². The fraction of sp³-hybridized carbons (Fsp3) is 0.238. The molecule has 0 saturated carbocycles. The lowest BCUT2D eigenvalue weighted by atomic mass is 10.0. The van der Waals surface area contributed by atoms with Crippen LogP contribution in [-0.2, 0) is 4.79 Å². The van der Waals surface area contributed by atoms with E-state index in [2.05, 4.69) is 15.5 Å². The fourth-order valence-corrected chi connectivity index (χ4v) is 4.00. The van der Waals surface area contributed by atoms with Gasteiger partial charge in [-0.05, 0) is 36.1 Å². The molecule has 1 saturated heterocycles. The quantitative estimate of drug-likeness (QED) is 0.675. The van der Waals surface area contributed by atoms with Crippen molar-refractivity contribution in [1.82, 2.24) is 20.4 Å². The summed E-state index contributed by atoms with van der Waals surface area (Å²) < 4.78 is 18.3. The molecule has 2 heterocycles. The van der Waals surface area contributed by atoms with E-state index in [0.717, 1.165) is 5.56 Å². The third-order valence-electron chi connectivity index (χ3n) is 4.87. The number of piperazine rings is 1. The molecule has 2 amide bonds. The normalized spacial score (nSPS) is 18.9.